The molecule has 0 amide bonds. The molecular weight excluding hydrogens is 234 g/mol. The first-order chi connectivity index (χ1) is 9.19. The van der Waals surface area contributed by atoms with Gasteiger partial charge in [-0.1, -0.05) is 17.7 Å². The summed E-state index contributed by atoms with van der Waals surface area (Å²) >= 11 is 0. The molecule has 0 atom stereocenters. The van der Waals surface area contributed by atoms with E-state index in [0.29, 0.717) is 0 Å². The Balaban J connectivity index is 1.99. The highest BCUT2D eigenvalue weighted by Crippen LogP contribution is 2.15. The lowest BCUT2D eigenvalue weighted by Crippen LogP contribution is -2.25. The van der Waals surface area contributed by atoms with Gasteiger partial charge in [0.25, 0.3) is 0 Å². The van der Waals surface area contributed by atoms with Crippen LogP contribution in [0, 0.1) is 6.92 Å². The summed E-state index contributed by atoms with van der Waals surface area (Å²) in [5, 5.41) is 0. The van der Waals surface area contributed by atoms with Gasteiger partial charge in [0.2, 0.25) is 0 Å². The van der Waals surface area contributed by atoms with Gasteiger partial charge in [-0.2, -0.15) is 0 Å². The van der Waals surface area contributed by atoms with Gasteiger partial charge in [-0.05, 0) is 38.1 Å². The van der Waals surface area contributed by atoms with E-state index in [9.17, 15) is 0 Å². The summed E-state index contributed by atoms with van der Waals surface area (Å²) < 4.78 is 0. The number of aromatic nitrogens is 1. The molecule has 100 valence electrons. The second-order valence-corrected chi connectivity index (χ2v) is 4.75. The first kappa shape index (κ1) is 13.4. The van der Waals surface area contributed by atoms with Crippen molar-refractivity contribution in [3.63, 3.8) is 0 Å². The Morgan fingerprint density at radius 1 is 1.11 bits per heavy atom. The fourth-order valence-corrected chi connectivity index (χ4v) is 2.06. The number of likely N-dealkylation sites (N-methyl/N-ethyl adjacent to an activating group) is 1. The monoisotopic (exact) mass is 255 g/mol. The lowest BCUT2D eigenvalue weighted by molar-refractivity contribution is 0.795. The van der Waals surface area contributed by atoms with Gasteiger partial charge in [-0.3, -0.25) is 4.98 Å². The predicted molar refractivity (Wildman–Crippen MR) is 81.4 cm³/mol. The van der Waals surface area contributed by atoms with Crippen LogP contribution in [0.2, 0.25) is 0 Å². The number of hydrogen-bond donors (Lipinski definition) is 1. The number of benzene rings is 1. The summed E-state index contributed by atoms with van der Waals surface area (Å²) in [6.07, 6.45) is 2.65. The normalized spacial score (nSPS) is 10.4. The largest absolute Gasteiger partial charge is 0.397 e. The van der Waals surface area contributed by atoms with E-state index >= 15 is 0 Å². The highest BCUT2D eigenvalue weighted by molar-refractivity contribution is 5.47. The fourth-order valence-electron chi connectivity index (χ4n) is 2.06. The quantitative estimate of drug-likeness (QED) is 0.893. The maximum Gasteiger partial charge on any atom is 0.0501 e. The third-order valence-corrected chi connectivity index (χ3v) is 3.27. The molecule has 2 rings (SSSR count). The molecule has 0 aliphatic rings. The molecule has 3 heteroatoms. The second-order valence-electron chi connectivity index (χ2n) is 4.75. The van der Waals surface area contributed by atoms with Crippen molar-refractivity contribution in [1.29, 1.82) is 0 Å². The minimum atomic E-state index is 0.717. The predicted octanol–water partition coefficient (Wildman–Crippen LogP) is 3.04. The van der Waals surface area contributed by atoms with Crippen LogP contribution in [0.5, 0.6) is 0 Å². The highest BCUT2D eigenvalue weighted by Gasteiger charge is 2.04. The van der Waals surface area contributed by atoms with Crippen LogP contribution in [-0.4, -0.2) is 18.1 Å². The topological polar surface area (TPSA) is 42.1 Å². The molecule has 0 saturated heterocycles. The van der Waals surface area contributed by atoms with E-state index in [1.54, 1.807) is 6.20 Å². The molecule has 19 heavy (non-hydrogen) atoms. The van der Waals surface area contributed by atoms with Crippen molar-refractivity contribution in [2.45, 2.75) is 20.3 Å². The number of hydrogen-bond acceptors (Lipinski definition) is 3. The van der Waals surface area contributed by atoms with Gasteiger partial charge < -0.3 is 10.6 Å². The highest BCUT2D eigenvalue weighted by atomic mass is 15.1. The second kappa shape index (κ2) is 6.23. The molecule has 2 N–H and O–H groups in total. The molecule has 0 bridgehead atoms. The zero-order valence-corrected chi connectivity index (χ0v) is 11.6. The van der Waals surface area contributed by atoms with Crippen LogP contribution >= 0.6 is 0 Å². The van der Waals surface area contributed by atoms with Gasteiger partial charge in [0.15, 0.2) is 0 Å². The van der Waals surface area contributed by atoms with Crippen molar-refractivity contribution in [3.8, 4) is 0 Å². The number of pyridine rings is 1. The van der Waals surface area contributed by atoms with E-state index in [4.69, 9.17) is 5.73 Å². The first-order valence-electron chi connectivity index (χ1n) is 6.71. The molecule has 0 aliphatic heterocycles. The Morgan fingerprint density at radius 3 is 2.42 bits per heavy atom. The van der Waals surface area contributed by atoms with E-state index < -0.39 is 0 Å². The summed E-state index contributed by atoms with van der Waals surface area (Å²) in [6.45, 7) is 6.25. The minimum absolute atomic E-state index is 0.717. The van der Waals surface area contributed by atoms with Crippen molar-refractivity contribution < 1.29 is 0 Å². The molecule has 0 spiro atoms. The average Bonchev–Trinajstić information content (AvgIpc) is 2.43. The summed E-state index contributed by atoms with van der Waals surface area (Å²) in [5.41, 5.74) is 10.0. The number of rotatable bonds is 5. The van der Waals surface area contributed by atoms with Crippen LogP contribution in [-0.2, 0) is 6.42 Å². The Morgan fingerprint density at radius 2 is 1.84 bits per heavy atom. The van der Waals surface area contributed by atoms with Crippen molar-refractivity contribution in [1.82, 2.24) is 4.98 Å². The molecule has 0 aliphatic carbocycles. The van der Waals surface area contributed by atoms with Gasteiger partial charge in [-0.15, -0.1) is 0 Å². The number of nitrogen functional groups attached to an aromatic ring is 1. The lowest BCUT2D eigenvalue weighted by Gasteiger charge is -2.23. The Kier molecular flexibility index (Phi) is 4.39. The van der Waals surface area contributed by atoms with Crippen LogP contribution in [0.15, 0.2) is 42.6 Å². The van der Waals surface area contributed by atoms with Crippen LogP contribution in [0.1, 0.15) is 18.2 Å². The number of nitrogens with two attached hydrogens (primary N) is 1. The van der Waals surface area contributed by atoms with Gasteiger partial charge >= 0.3 is 0 Å². The lowest BCUT2D eigenvalue weighted by atomic mass is 10.2. The standard InChI is InChI=1S/C16H21N3/c1-3-19(16-8-4-13(2)5-9-16)11-10-15-7-6-14(17)12-18-15/h4-9,12H,3,10-11,17H2,1-2H3. The third kappa shape index (κ3) is 3.71. The van der Waals surface area contributed by atoms with E-state index in [-0.39, 0.29) is 0 Å². The average molecular weight is 255 g/mol. The van der Waals surface area contributed by atoms with Crippen LogP contribution in [0.25, 0.3) is 0 Å². The van der Waals surface area contributed by atoms with Crippen molar-refractivity contribution in [2.24, 2.45) is 0 Å². The van der Waals surface area contributed by atoms with E-state index in [2.05, 4.69) is 48.0 Å². The van der Waals surface area contributed by atoms with Crippen LogP contribution in [0.3, 0.4) is 0 Å². The van der Waals surface area contributed by atoms with Crippen molar-refractivity contribution in [3.05, 3.63) is 53.9 Å². The van der Waals surface area contributed by atoms with Crippen molar-refractivity contribution >= 4 is 11.4 Å². The summed E-state index contributed by atoms with van der Waals surface area (Å²) in [7, 11) is 0. The Labute approximate surface area is 115 Å². The van der Waals surface area contributed by atoms with Crippen molar-refractivity contribution in [2.75, 3.05) is 23.7 Å². The van der Waals surface area contributed by atoms with Crippen LogP contribution in [0.4, 0.5) is 11.4 Å². The van der Waals surface area contributed by atoms with Crippen LogP contribution < -0.4 is 10.6 Å². The smallest absolute Gasteiger partial charge is 0.0501 e. The first-order valence-corrected chi connectivity index (χ1v) is 6.71. The number of anilines is 2. The molecule has 0 fully saturated rings. The summed E-state index contributed by atoms with van der Waals surface area (Å²) in [6, 6.07) is 12.6. The SMILES string of the molecule is CCN(CCc1ccc(N)cn1)c1ccc(C)cc1. The summed E-state index contributed by atoms with van der Waals surface area (Å²) in [5.74, 6) is 0. The third-order valence-electron chi connectivity index (χ3n) is 3.27. The summed E-state index contributed by atoms with van der Waals surface area (Å²) in [4.78, 5) is 6.70. The molecule has 3 nitrogen and oxygen atoms in total. The molecule has 1 aromatic heterocycles. The fraction of sp³-hybridized carbons (Fsp3) is 0.312. The molecule has 0 saturated carbocycles. The van der Waals surface area contributed by atoms with E-state index in [1.165, 1.54) is 11.3 Å². The Bertz CT molecular complexity index is 503. The number of aryl methyl sites for hydroxylation is 1. The molecule has 0 radical (unpaired) electrons. The molecular formula is C16H21N3. The Hall–Kier alpha value is -2.03. The zero-order valence-electron chi connectivity index (χ0n) is 11.6. The van der Waals surface area contributed by atoms with Gasteiger partial charge in [0, 0.05) is 30.9 Å². The molecule has 1 heterocycles. The van der Waals surface area contributed by atoms with E-state index in [0.717, 1.165) is 30.9 Å². The number of nitrogens with zero attached hydrogens (tertiary/aromatic N) is 2. The van der Waals surface area contributed by atoms with Gasteiger partial charge in [0.1, 0.15) is 0 Å². The maximum atomic E-state index is 5.64. The van der Waals surface area contributed by atoms with Gasteiger partial charge in [0.05, 0.1) is 11.9 Å². The zero-order chi connectivity index (χ0) is 13.7. The van der Waals surface area contributed by atoms with E-state index in [1.807, 2.05) is 12.1 Å². The maximum absolute atomic E-state index is 5.64. The molecule has 2 aromatic rings. The molecule has 0 unspecified atom stereocenters. The van der Waals surface area contributed by atoms with Gasteiger partial charge in [-0.25, -0.2) is 0 Å². The molecule has 1 aromatic carbocycles. The minimum Gasteiger partial charge on any atom is -0.397 e.